The molecule has 3 N–H and O–H groups in total. The summed E-state index contributed by atoms with van der Waals surface area (Å²) in [5.74, 6) is -2.13. The van der Waals surface area contributed by atoms with Gasteiger partial charge in [-0.25, -0.2) is 4.79 Å². The SMILES string of the molecule is CC(C)(C)OC(=O)N1CCC2NC(=O)C(C(=O)Nc3ccc(N4CCCCC4)cc3)=C(O)C2C1. The molecular weight excluding hydrogens is 436 g/mol. The summed E-state index contributed by atoms with van der Waals surface area (Å²) < 4.78 is 5.44. The summed E-state index contributed by atoms with van der Waals surface area (Å²) >= 11 is 0. The highest BCUT2D eigenvalue weighted by Gasteiger charge is 2.43. The third kappa shape index (κ3) is 5.29. The highest BCUT2D eigenvalue weighted by molar-refractivity contribution is 6.23. The van der Waals surface area contributed by atoms with E-state index in [1.54, 1.807) is 32.9 Å². The van der Waals surface area contributed by atoms with E-state index < -0.39 is 29.4 Å². The van der Waals surface area contributed by atoms with Gasteiger partial charge in [0.1, 0.15) is 16.9 Å². The first-order valence-corrected chi connectivity index (χ1v) is 12.0. The number of aliphatic hydroxyl groups excluding tert-OH is 1. The van der Waals surface area contributed by atoms with E-state index in [-0.39, 0.29) is 23.9 Å². The summed E-state index contributed by atoms with van der Waals surface area (Å²) in [7, 11) is 0. The summed E-state index contributed by atoms with van der Waals surface area (Å²) in [5, 5.41) is 16.4. The Hall–Kier alpha value is -3.23. The minimum Gasteiger partial charge on any atom is -0.511 e. The monoisotopic (exact) mass is 470 g/mol. The number of fused-ring (bicyclic) bond motifs is 1. The van der Waals surface area contributed by atoms with E-state index in [9.17, 15) is 19.5 Å². The molecule has 1 aromatic rings. The number of nitrogens with one attached hydrogen (secondary N) is 2. The van der Waals surface area contributed by atoms with E-state index in [2.05, 4.69) is 15.5 Å². The summed E-state index contributed by atoms with van der Waals surface area (Å²) in [6, 6.07) is 7.16. The Morgan fingerprint density at radius 2 is 1.76 bits per heavy atom. The number of benzene rings is 1. The summed E-state index contributed by atoms with van der Waals surface area (Å²) in [5.41, 5.74) is 0.691. The largest absolute Gasteiger partial charge is 0.511 e. The molecule has 34 heavy (non-hydrogen) atoms. The van der Waals surface area contributed by atoms with Gasteiger partial charge in [0.2, 0.25) is 0 Å². The molecule has 0 radical (unpaired) electrons. The fourth-order valence-electron chi connectivity index (χ4n) is 4.76. The zero-order valence-corrected chi connectivity index (χ0v) is 20.1. The molecule has 0 aromatic heterocycles. The van der Waals surface area contributed by atoms with Gasteiger partial charge in [-0.3, -0.25) is 9.59 Å². The number of rotatable bonds is 3. The van der Waals surface area contributed by atoms with E-state index in [1.165, 1.54) is 24.2 Å². The number of nitrogens with zero attached hydrogens (tertiary/aromatic N) is 2. The standard InChI is InChI=1S/C25H34N4O5/c1-25(2,3)34-24(33)29-14-11-19-18(15-29)21(30)20(23(32)27-19)22(31)26-16-7-9-17(10-8-16)28-12-5-4-6-13-28/h7-10,18-19,30H,4-6,11-15H2,1-3H3,(H,26,31)(H,27,32). The highest BCUT2D eigenvalue weighted by Crippen LogP contribution is 2.30. The molecule has 3 aliphatic rings. The molecule has 9 heteroatoms. The number of hydrogen-bond donors (Lipinski definition) is 3. The van der Waals surface area contributed by atoms with Gasteiger partial charge in [-0.1, -0.05) is 0 Å². The van der Waals surface area contributed by atoms with Crippen molar-refractivity contribution in [3.05, 3.63) is 35.6 Å². The predicted molar refractivity (Wildman–Crippen MR) is 129 cm³/mol. The molecule has 0 saturated carbocycles. The van der Waals surface area contributed by atoms with Gasteiger partial charge in [-0.2, -0.15) is 0 Å². The fourth-order valence-corrected chi connectivity index (χ4v) is 4.76. The van der Waals surface area contributed by atoms with Crippen LogP contribution in [-0.4, -0.2) is 65.7 Å². The van der Waals surface area contributed by atoms with Crippen LogP contribution in [0, 0.1) is 5.92 Å². The van der Waals surface area contributed by atoms with Crippen LogP contribution < -0.4 is 15.5 Å². The molecule has 2 saturated heterocycles. The van der Waals surface area contributed by atoms with Crippen molar-refractivity contribution in [3.63, 3.8) is 0 Å². The van der Waals surface area contributed by atoms with Crippen molar-refractivity contribution in [2.75, 3.05) is 36.4 Å². The van der Waals surface area contributed by atoms with Crippen LogP contribution in [0.2, 0.25) is 0 Å². The average molecular weight is 471 g/mol. The molecule has 0 bridgehead atoms. The second kappa shape index (κ2) is 9.56. The molecule has 9 nitrogen and oxygen atoms in total. The van der Waals surface area contributed by atoms with Crippen LogP contribution >= 0.6 is 0 Å². The first kappa shape index (κ1) is 23.9. The van der Waals surface area contributed by atoms with Crippen LogP contribution in [0.25, 0.3) is 0 Å². The Labute approximate surface area is 200 Å². The van der Waals surface area contributed by atoms with Gasteiger partial charge in [0.25, 0.3) is 11.8 Å². The van der Waals surface area contributed by atoms with E-state index in [4.69, 9.17) is 4.74 Å². The maximum atomic E-state index is 12.9. The van der Waals surface area contributed by atoms with Crippen molar-refractivity contribution in [3.8, 4) is 0 Å². The second-order valence-electron chi connectivity index (χ2n) is 10.2. The molecule has 3 aliphatic heterocycles. The van der Waals surface area contributed by atoms with E-state index in [1.807, 2.05) is 12.1 Å². The number of aliphatic hydroxyl groups is 1. The van der Waals surface area contributed by atoms with Crippen LogP contribution in [0.4, 0.5) is 16.2 Å². The second-order valence-corrected chi connectivity index (χ2v) is 10.2. The molecule has 2 fully saturated rings. The lowest BCUT2D eigenvalue weighted by Crippen LogP contribution is -2.57. The van der Waals surface area contributed by atoms with Gasteiger partial charge < -0.3 is 30.3 Å². The number of amides is 3. The topological polar surface area (TPSA) is 111 Å². The number of piperidine rings is 2. The van der Waals surface area contributed by atoms with E-state index in [0.717, 1.165) is 18.8 Å². The zero-order valence-electron chi connectivity index (χ0n) is 20.1. The van der Waals surface area contributed by atoms with Gasteiger partial charge in [-0.15, -0.1) is 0 Å². The fraction of sp³-hybridized carbons (Fsp3) is 0.560. The molecule has 3 heterocycles. The van der Waals surface area contributed by atoms with Gasteiger partial charge in [0.15, 0.2) is 0 Å². The first-order chi connectivity index (χ1) is 16.1. The van der Waals surface area contributed by atoms with Gasteiger partial charge >= 0.3 is 6.09 Å². The highest BCUT2D eigenvalue weighted by atomic mass is 16.6. The lowest BCUT2D eigenvalue weighted by atomic mass is 9.85. The zero-order chi connectivity index (χ0) is 24.5. The van der Waals surface area contributed by atoms with Crippen LogP contribution in [0.15, 0.2) is 35.6 Å². The molecule has 4 rings (SSSR count). The van der Waals surface area contributed by atoms with Gasteiger partial charge in [0, 0.05) is 43.6 Å². The summed E-state index contributed by atoms with van der Waals surface area (Å²) in [6.07, 6.45) is 3.59. The van der Waals surface area contributed by atoms with Crippen molar-refractivity contribution in [1.29, 1.82) is 0 Å². The van der Waals surface area contributed by atoms with Gasteiger partial charge in [0.05, 0.1) is 5.92 Å². The number of hydrogen-bond acceptors (Lipinski definition) is 6. The number of likely N-dealkylation sites (tertiary alicyclic amines) is 1. The van der Waals surface area contributed by atoms with Crippen molar-refractivity contribution in [1.82, 2.24) is 10.2 Å². The van der Waals surface area contributed by atoms with E-state index >= 15 is 0 Å². The predicted octanol–water partition coefficient (Wildman–Crippen LogP) is 3.18. The Kier molecular flexibility index (Phi) is 6.72. The molecule has 2 unspecified atom stereocenters. The number of anilines is 2. The van der Waals surface area contributed by atoms with Crippen molar-refractivity contribution >= 4 is 29.3 Å². The Morgan fingerprint density at radius 1 is 1.09 bits per heavy atom. The average Bonchev–Trinajstić information content (AvgIpc) is 2.79. The molecule has 0 aliphatic carbocycles. The van der Waals surface area contributed by atoms with Crippen LogP contribution in [0.3, 0.4) is 0 Å². The molecule has 0 spiro atoms. The van der Waals surface area contributed by atoms with Crippen LogP contribution in [0.1, 0.15) is 46.5 Å². The normalized spacial score (nSPS) is 23.2. The molecule has 2 atom stereocenters. The van der Waals surface area contributed by atoms with Crippen molar-refractivity contribution in [2.24, 2.45) is 5.92 Å². The van der Waals surface area contributed by atoms with Gasteiger partial charge in [-0.05, 0) is 70.7 Å². The maximum absolute atomic E-state index is 12.9. The minimum absolute atomic E-state index is 0.160. The third-order valence-electron chi connectivity index (χ3n) is 6.49. The Morgan fingerprint density at radius 3 is 2.41 bits per heavy atom. The molecule has 1 aromatic carbocycles. The molecule has 3 amide bonds. The molecular formula is C25H34N4O5. The maximum Gasteiger partial charge on any atom is 0.410 e. The Bertz CT molecular complexity index is 976. The Balaban J connectivity index is 1.46. The molecule has 184 valence electrons. The van der Waals surface area contributed by atoms with Crippen LogP contribution in [-0.2, 0) is 14.3 Å². The number of carbonyl (C=O) groups excluding carboxylic acids is 3. The third-order valence-corrected chi connectivity index (χ3v) is 6.49. The quantitative estimate of drug-likeness (QED) is 0.585. The minimum atomic E-state index is -0.673. The smallest absolute Gasteiger partial charge is 0.410 e. The number of carbonyl (C=O) groups is 3. The summed E-state index contributed by atoms with van der Waals surface area (Å²) in [6.45, 7) is 7.97. The van der Waals surface area contributed by atoms with Crippen LogP contribution in [0.5, 0.6) is 0 Å². The summed E-state index contributed by atoms with van der Waals surface area (Å²) in [4.78, 5) is 41.9. The first-order valence-electron chi connectivity index (χ1n) is 12.0. The lowest BCUT2D eigenvalue weighted by molar-refractivity contribution is -0.124. The van der Waals surface area contributed by atoms with E-state index in [0.29, 0.717) is 18.7 Å². The number of ether oxygens (including phenoxy) is 1. The lowest BCUT2D eigenvalue weighted by Gasteiger charge is -2.41. The van der Waals surface area contributed by atoms with Crippen molar-refractivity contribution in [2.45, 2.75) is 58.1 Å². The van der Waals surface area contributed by atoms with Crippen molar-refractivity contribution < 1.29 is 24.2 Å².